The Balaban J connectivity index is 2.48. The average Bonchev–Trinajstić information content (AvgIpc) is 2.41. The first-order valence-corrected chi connectivity index (χ1v) is 8.04. The summed E-state index contributed by atoms with van der Waals surface area (Å²) in [4.78, 5) is 11.7. The first-order valence-electron chi connectivity index (χ1n) is 6.22. The number of hydrogen-bond acceptors (Lipinski definition) is 4. The maximum atomic E-state index is 12.7. The molecule has 20 heavy (non-hydrogen) atoms. The summed E-state index contributed by atoms with van der Waals surface area (Å²) in [5, 5.41) is 2.76. The van der Waals surface area contributed by atoms with Gasteiger partial charge in [0.1, 0.15) is 10.9 Å². The molecule has 0 saturated carbocycles. The van der Waals surface area contributed by atoms with Crippen molar-refractivity contribution in [2.45, 2.75) is 24.3 Å². The van der Waals surface area contributed by atoms with Gasteiger partial charge in [-0.2, -0.15) is 4.31 Å². The fraction of sp³-hybridized carbons (Fsp3) is 0.417. The molecular weight excluding hydrogens is 302 g/mol. The molecule has 0 aliphatic carbocycles. The number of rotatable bonds is 3. The van der Waals surface area contributed by atoms with Crippen LogP contribution in [0.25, 0.3) is 0 Å². The van der Waals surface area contributed by atoms with E-state index in [1.807, 2.05) is 0 Å². The molecule has 1 atom stereocenters. The van der Waals surface area contributed by atoms with Crippen molar-refractivity contribution in [1.82, 2.24) is 9.62 Å². The van der Waals surface area contributed by atoms with Crippen molar-refractivity contribution in [2.75, 3.05) is 18.8 Å². The summed E-state index contributed by atoms with van der Waals surface area (Å²) in [5.41, 5.74) is 5.94. The molecule has 3 N–H and O–H groups in total. The van der Waals surface area contributed by atoms with Gasteiger partial charge in [-0.15, -0.1) is 0 Å². The lowest BCUT2D eigenvalue weighted by Gasteiger charge is -2.33. The van der Waals surface area contributed by atoms with Gasteiger partial charge in [0.15, 0.2) is 0 Å². The number of sulfonamides is 1. The van der Waals surface area contributed by atoms with E-state index in [1.54, 1.807) is 6.92 Å². The van der Waals surface area contributed by atoms with Gasteiger partial charge in [-0.05, 0) is 24.6 Å². The number of anilines is 1. The van der Waals surface area contributed by atoms with Gasteiger partial charge in [-0.25, -0.2) is 8.42 Å². The van der Waals surface area contributed by atoms with Gasteiger partial charge in [0.05, 0.1) is 5.02 Å². The standard InChI is InChI=1S/C12H16ClN3O3S/c1-2-10-12(17)15-5-6-16(10)20(18,19)11-7-8(14)3-4-9(11)13/h3-4,7,10H,2,5-6,14H2,1H3,(H,15,17). The fourth-order valence-corrected chi connectivity index (χ4v) is 4.39. The van der Waals surface area contributed by atoms with E-state index in [1.165, 1.54) is 22.5 Å². The molecule has 2 rings (SSSR count). The lowest BCUT2D eigenvalue weighted by molar-refractivity contribution is -0.126. The minimum absolute atomic E-state index is 0.0627. The zero-order chi connectivity index (χ0) is 14.9. The third-order valence-electron chi connectivity index (χ3n) is 3.21. The zero-order valence-electron chi connectivity index (χ0n) is 11.0. The summed E-state index contributed by atoms with van der Waals surface area (Å²) in [7, 11) is -3.85. The highest BCUT2D eigenvalue weighted by molar-refractivity contribution is 7.89. The Bertz CT molecular complexity index is 633. The quantitative estimate of drug-likeness (QED) is 0.807. The maximum absolute atomic E-state index is 12.7. The van der Waals surface area contributed by atoms with Gasteiger partial charge in [-0.1, -0.05) is 18.5 Å². The predicted molar refractivity (Wildman–Crippen MR) is 76.8 cm³/mol. The lowest BCUT2D eigenvalue weighted by Crippen LogP contribution is -2.56. The van der Waals surface area contributed by atoms with Crippen LogP contribution in [0, 0.1) is 0 Å². The van der Waals surface area contributed by atoms with Crippen LogP contribution in [0.4, 0.5) is 5.69 Å². The number of amides is 1. The van der Waals surface area contributed by atoms with E-state index in [-0.39, 0.29) is 28.9 Å². The summed E-state index contributed by atoms with van der Waals surface area (Å²) >= 11 is 5.97. The van der Waals surface area contributed by atoms with E-state index in [2.05, 4.69) is 5.32 Å². The monoisotopic (exact) mass is 317 g/mol. The highest BCUT2D eigenvalue weighted by Crippen LogP contribution is 2.29. The van der Waals surface area contributed by atoms with Crippen molar-refractivity contribution in [3.05, 3.63) is 23.2 Å². The zero-order valence-corrected chi connectivity index (χ0v) is 12.5. The van der Waals surface area contributed by atoms with Crippen LogP contribution >= 0.6 is 11.6 Å². The molecule has 6 nitrogen and oxygen atoms in total. The van der Waals surface area contributed by atoms with Crippen molar-refractivity contribution in [3.8, 4) is 0 Å². The van der Waals surface area contributed by atoms with E-state index in [9.17, 15) is 13.2 Å². The molecule has 1 aromatic rings. The number of hydrogen-bond donors (Lipinski definition) is 2. The average molecular weight is 318 g/mol. The Morgan fingerprint density at radius 1 is 1.50 bits per heavy atom. The number of piperazine rings is 1. The van der Waals surface area contributed by atoms with Gasteiger partial charge >= 0.3 is 0 Å². The van der Waals surface area contributed by atoms with Crippen molar-refractivity contribution in [2.24, 2.45) is 0 Å². The molecule has 1 heterocycles. The van der Waals surface area contributed by atoms with Crippen LogP contribution in [-0.2, 0) is 14.8 Å². The van der Waals surface area contributed by atoms with Gasteiger partial charge in [0.25, 0.3) is 0 Å². The molecule has 1 aliphatic rings. The third kappa shape index (κ3) is 2.61. The Labute approximate surface area is 122 Å². The van der Waals surface area contributed by atoms with Crippen LogP contribution < -0.4 is 11.1 Å². The number of carbonyl (C=O) groups is 1. The SMILES string of the molecule is CCC1C(=O)NCCN1S(=O)(=O)c1cc(N)ccc1Cl. The fourth-order valence-electron chi connectivity index (χ4n) is 2.21. The largest absolute Gasteiger partial charge is 0.399 e. The molecule has 0 bridgehead atoms. The second kappa shape index (κ2) is 5.59. The number of carbonyl (C=O) groups excluding carboxylic acids is 1. The molecule has 1 amide bonds. The van der Waals surface area contributed by atoms with Crippen LogP contribution in [-0.4, -0.2) is 37.8 Å². The summed E-state index contributed by atoms with van der Waals surface area (Å²) in [6, 6.07) is 3.57. The van der Waals surface area contributed by atoms with Crippen molar-refractivity contribution in [3.63, 3.8) is 0 Å². The van der Waals surface area contributed by atoms with Gasteiger partial charge in [0, 0.05) is 18.8 Å². The molecule has 1 aliphatic heterocycles. The summed E-state index contributed by atoms with van der Waals surface area (Å²) in [5.74, 6) is -0.289. The molecule has 1 saturated heterocycles. The van der Waals surface area contributed by atoms with Crippen LogP contribution in [0.3, 0.4) is 0 Å². The van der Waals surface area contributed by atoms with E-state index >= 15 is 0 Å². The summed E-state index contributed by atoms with van der Waals surface area (Å²) in [6.45, 7) is 2.27. The number of nitrogens with zero attached hydrogens (tertiary/aromatic N) is 1. The number of nitrogen functional groups attached to an aromatic ring is 1. The first kappa shape index (κ1) is 15.1. The molecule has 1 aromatic carbocycles. The highest BCUT2D eigenvalue weighted by atomic mass is 35.5. The molecule has 1 fully saturated rings. The van der Waals surface area contributed by atoms with Crippen molar-refractivity contribution in [1.29, 1.82) is 0 Å². The minimum Gasteiger partial charge on any atom is -0.399 e. The van der Waals surface area contributed by atoms with Crippen LogP contribution in [0.2, 0.25) is 5.02 Å². The Kier molecular flexibility index (Phi) is 4.22. The van der Waals surface area contributed by atoms with Crippen LogP contribution in [0.1, 0.15) is 13.3 Å². The Hall–Kier alpha value is -1.31. The molecule has 110 valence electrons. The smallest absolute Gasteiger partial charge is 0.245 e. The number of halogens is 1. The Morgan fingerprint density at radius 2 is 2.20 bits per heavy atom. The van der Waals surface area contributed by atoms with Crippen LogP contribution in [0.5, 0.6) is 0 Å². The maximum Gasteiger partial charge on any atom is 0.245 e. The molecule has 1 unspecified atom stereocenters. The topological polar surface area (TPSA) is 92.5 Å². The van der Waals surface area contributed by atoms with E-state index in [4.69, 9.17) is 17.3 Å². The van der Waals surface area contributed by atoms with Gasteiger partial charge in [0.2, 0.25) is 15.9 Å². The first-order chi connectivity index (χ1) is 9.37. The third-order valence-corrected chi connectivity index (χ3v) is 5.60. The highest BCUT2D eigenvalue weighted by Gasteiger charge is 2.38. The van der Waals surface area contributed by atoms with Gasteiger partial charge in [-0.3, -0.25) is 4.79 Å². The van der Waals surface area contributed by atoms with Gasteiger partial charge < -0.3 is 11.1 Å². The minimum atomic E-state index is -3.85. The molecular formula is C12H16ClN3O3S. The van der Waals surface area contributed by atoms with Crippen molar-refractivity contribution >= 4 is 33.2 Å². The summed E-state index contributed by atoms with van der Waals surface area (Å²) in [6.07, 6.45) is 0.394. The number of nitrogens with one attached hydrogen (secondary N) is 1. The summed E-state index contributed by atoms with van der Waals surface area (Å²) < 4.78 is 26.5. The molecule has 0 aromatic heterocycles. The lowest BCUT2D eigenvalue weighted by atomic mass is 10.2. The van der Waals surface area contributed by atoms with E-state index in [0.29, 0.717) is 12.1 Å². The second-order valence-corrected chi connectivity index (χ2v) is 6.79. The number of nitrogens with two attached hydrogens (primary N) is 1. The van der Waals surface area contributed by atoms with Crippen molar-refractivity contribution < 1.29 is 13.2 Å². The van der Waals surface area contributed by atoms with Crippen LogP contribution in [0.15, 0.2) is 23.1 Å². The normalized spacial score (nSPS) is 20.7. The number of benzene rings is 1. The van der Waals surface area contributed by atoms with E-state index in [0.717, 1.165) is 0 Å². The molecule has 0 spiro atoms. The predicted octanol–water partition coefficient (Wildman–Crippen LogP) is 0.821. The molecule has 8 heteroatoms. The van der Waals surface area contributed by atoms with E-state index < -0.39 is 16.1 Å². The molecule has 0 radical (unpaired) electrons. The second-order valence-electron chi connectivity index (χ2n) is 4.52. The Morgan fingerprint density at radius 3 is 2.85 bits per heavy atom.